The summed E-state index contributed by atoms with van der Waals surface area (Å²) in [5.41, 5.74) is 4.30. The first-order valence-corrected chi connectivity index (χ1v) is 13.3. The van der Waals surface area contributed by atoms with Crippen LogP contribution in [-0.2, 0) is 16.9 Å². The number of halogens is 4. The standard InChI is InChI=1S/C24H29F4N5O2.C6H6/c1-13(29)21(32(3)30)15-10-18-20(31-11-15)16-4-5-17(23(2,34)24(26,27)28)19(25)22(16)33(18)12-14-6-8-35-9-7-14;1-2-4-6-5-3-1/h4-5,10-11,14,34H,6-9,12,29-30H2,1-3H3;1-6H/b21-13-;. The third kappa shape index (κ3) is 6.17. The molecule has 0 radical (unpaired) electrons. The van der Waals surface area contributed by atoms with Crippen molar-refractivity contribution in [3.63, 3.8) is 0 Å². The summed E-state index contributed by atoms with van der Waals surface area (Å²) in [6.07, 6.45) is -2.05. The lowest BCUT2D eigenvalue weighted by atomic mass is 9.93. The molecule has 0 aliphatic carbocycles. The van der Waals surface area contributed by atoms with Gasteiger partial charge in [-0.25, -0.2) is 10.2 Å². The van der Waals surface area contributed by atoms with Gasteiger partial charge in [0.25, 0.3) is 0 Å². The molecule has 0 amide bonds. The number of aromatic nitrogens is 2. The number of alkyl halides is 3. The first kappa shape index (κ1) is 30.3. The van der Waals surface area contributed by atoms with E-state index in [0.717, 1.165) is 18.9 Å². The van der Waals surface area contributed by atoms with Crippen molar-refractivity contribution in [1.82, 2.24) is 14.6 Å². The Morgan fingerprint density at radius 2 is 1.71 bits per heavy atom. The number of fused-ring (bicyclic) bond motifs is 3. The molecule has 41 heavy (non-hydrogen) atoms. The number of allylic oxidation sites excluding steroid dienone is 1. The zero-order valence-corrected chi connectivity index (χ0v) is 23.3. The predicted octanol–water partition coefficient (Wildman–Crippen LogP) is 5.66. The summed E-state index contributed by atoms with van der Waals surface area (Å²) in [6.45, 7) is 3.70. The minimum atomic E-state index is -5.06. The minimum Gasteiger partial charge on any atom is -0.401 e. The van der Waals surface area contributed by atoms with Crippen LogP contribution in [-0.4, -0.2) is 46.1 Å². The molecule has 5 rings (SSSR count). The zero-order chi connectivity index (χ0) is 29.9. The van der Waals surface area contributed by atoms with Crippen molar-refractivity contribution in [2.75, 3.05) is 20.3 Å². The number of pyridine rings is 1. The van der Waals surface area contributed by atoms with Crippen LogP contribution < -0.4 is 11.6 Å². The van der Waals surface area contributed by atoms with E-state index in [1.807, 2.05) is 36.4 Å². The second-order valence-corrected chi connectivity index (χ2v) is 10.4. The number of aliphatic hydroxyl groups is 1. The molecule has 2 aromatic heterocycles. The molecule has 1 atom stereocenters. The van der Waals surface area contributed by atoms with E-state index in [0.29, 0.717) is 60.1 Å². The van der Waals surface area contributed by atoms with E-state index in [4.69, 9.17) is 16.3 Å². The highest BCUT2D eigenvalue weighted by molar-refractivity contribution is 6.06. The molecule has 0 bridgehead atoms. The molecule has 1 fully saturated rings. The molecule has 1 saturated heterocycles. The monoisotopic (exact) mass is 573 g/mol. The van der Waals surface area contributed by atoms with Crippen LogP contribution in [0.2, 0.25) is 0 Å². The number of benzene rings is 2. The van der Waals surface area contributed by atoms with Crippen molar-refractivity contribution in [1.29, 1.82) is 0 Å². The van der Waals surface area contributed by atoms with E-state index in [-0.39, 0.29) is 11.4 Å². The van der Waals surface area contributed by atoms with Gasteiger partial charge in [0.05, 0.1) is 22.2 Å². The summed E-state index contributed by atoms with van der Waals surface area (Å²) in [7, 11) is 1.62. The van der Waals surface area contributed by atoms with Gasteiger partial charge in [-0.3, -0.25) is 4.98 Å². The SMILES string of the molecule is C/C(N)=C(\c1cnc2c3ccc(C(C)(O)C(F)(F)F)c(F)c3n(CC3CCOCC3)c2c1)N(C)N.c1ccccc1. The molecule has 220 valence electrons. The Morgan fingerprint density at radius 1 is 1.12 bits per heavy atom. The van der Waals surface area contributed by atoms with Crippen LogP contribution in [0.1, 0.15) is 37.8 Å². The lowest BCUT2D eigenvalue weighted by Gasteiger charge is -2.28. The van der Waals surface area contributed by atoms with Crippen molar-refractivity contribution >= 4 is 27.6 Å². The Morgan fingerprint density at radius 3 is 2.22 bits per heavy atom. The van der Waals surface area contributed by atoms with Crippen LogP contribution in [0.5, 0.6) is 0 Å². The molecular weight excluding hydrogens is 538 g/mol. The van der Waals surface area contributed by atoms with Crippen molar-refractivity contribution in [2.45, 2.75) is 45.0 Å². The molecule has 1 aliphatic heterocycles. The van der Waals surface area contributed by atoms with Gasteiger partial charge >= 0.3 is 6.18 Å². The van der Waals surface area contributed by atoms with Crippen LogP contribution in [0, 0.1) is 11.7 Å². The van der Waals surface area contributed by atoms with E-state index < -0.39 is 23.2 Å². The Labute approximate surface area is 236 Å². The predicted molar refractivity (Wildman–Crippen MR) is 152 cm³/mol. The maximum atomic E-state index is 15.9. The Balaban J connectivity index is 0.000000572. The second kappa shape index (κ2) is 12.1. The summed E-state index contributed by atoms with van der Waals surface area (Å²) in [6, 6.07) is 16.1. The summed E-state index contributed by atoms with van der Waals surface area (Å²) in [5.74, 6) is 4.96. The first-order chi connectivity index (χ1) is 19.3. The summed E-state index contributed by atoms with van der Waals surface area (Å²) >= 11 is 0. The maximum absolute atomic E-state index is 15.9. The summed E-state index contributed by atoms with van der Waals surface area (Å²) in [4.78, 5) is 4.52. The van der Waals surface area contributed by atoms with Crippen LogP contribution in [0.25, 0.3) is 27.6 Å². The number of rotatable bonds is 5. The van der Waals surface area contributed by atoms with E-state index in [9.17, 15) is 18.3 Å². The smallest absolute Gasteiger partial charge is 0.401 e. The Bertz CT molecular complexity index is 1490. The number of ether oxygens (including phenoxy) is 1. The molecule has 0 saturated carbocycles. The number of nitrogens with two attached hydrogens (primary N) is 2. The van der Waals surface area contributed by atoms with Gasteiger partial charge in [-0.1, -0.05) is 48.5 Å². The maximum Gasteiger partial charge on any atom is 0.421 e. The van der Waals surface area contributed by atoms with Crippen molar-refractivity contribution in [3.05, 3.63) is 83.4 Å². The van der Waals surface area contributed by atoms with Crippen LogP contribution in [0.3, 0.4) is 0 Å². The highest BCUT2D eigenvalue weighted by Crippen LogP contribution is 2.43. The van der Waals surface area contributed by atoms with Crippen LogP contribution >= 0.6 is 0 Å². The molecule has 1 unspecified atom stereocenters. The van der Waals surface area contributed by atoms with E-state index in [1.54, 1.807) is 30.8 Å². The molecule has 7 nitrogen and oxygen atoms in total. The fourth-order valence-electron chi connectivity index (χ4n) is 5.14. The van der Waals surface area contributed by atoms with E-state index in [1.165, 1.54) is 11.1 Å². The van der Waals surface area contributed by atoms with Gasteiger partial charge in [-0.05, 0) is 38.7 Å². The van der Waals surface area contributed by atoms with E-state index in [2.05, 4.69) is 4.98 Å². The van der Waals surface area contributed by atoms with Gasteiger partial charge in [0.15, 0.2) is 11.4 Å². The average molecular weight is 574 g/mol. The fourth-order valence-corrected chi connectivity index (χ4v) is 5.14. The number of hydrazine groups is 1. The Hall–Kier alpha value is -3.67. The zero-order valence-electron chi connectivity index (χ0n) is 23.3. The third-order valence-electron chi connectivity index (χ3n) is 7.32. The van der Waals surface area contributed by atoms with Crippen molar-refractivity contribution < 1.29 is 27.4 Å². The highest BCUT2D eigenvalue weighted by atomic mass is 19.4. The van der Waals surface area contributed by atoms with Crippen molar-refractivity contribution in [3.8, 4) is 0 Å². The van der Waals surface area contributed by atoms with Crippen molar-refractivity contribution in [2.24, 2.45) is 17.5 Å². The van der Waals surface area contributed by atoms with Gasteiger partial charge in [0, 0.05) is 55.2 Å². The molecule has 0 spiro atoms. The van der Waals surface area contributed by atoms with Crippen LogP contribution in [0.15, 0.2) is 66.5 Å². The van der Waals surface area contributed by atoms with E-state index >= 15 is 4.39 Å². The summed E-state index contributed by atoms with van der Waals surface area (Å²) < 4.78 is 63.7. The molecule has 11 heteroatoms. The molecule has 1 aliphatic rings. The lowest BCUT2D eigenvalue weighted by Crippen LogP contribution is -2.40. The van der Waals surface area contributed by atoms with Gasteiger partial charge in [0.2, 0.25) is 0 Å². The van der Waals surface area contributed by atoms with Gasteiger partial charge in [0.1, 0.15) is 0 Å². The number of hydrogen-bond donors (Lipinski definition) is 3. The quantitative estimate of drug-likeness (QED) is 0.162. The average Bonchev–Trinajstić information content (AvgIpc) is 3.23. The Kier molecular flexibility index (Phi) is 8.91. The van der Waals surface area contributed by atoms with Gasteiger partial charge < -0.3 is 25.2 Å². The van der Waals surface area contributed by atoms with Gasteiger partial charge in [-0.15, -0.1) is 0 Å². The normalized spacial score (nSPS) is 16.6. The largest absolute Gasteiger partial charge is 0.421 e. The second-order valence-electron chi connectivity index (χ2n) is 10.4. The molecule has 4 aromatic rings. The highest BCUT2D eigenvalue weighted by Gasteiger charge is 2.52. The third-order valence-corrected chi connectivity index (χ3v) is 7.32. The van der Waals surface area contributed by atoms with Crippen LogP contribution in [0.4, 0.5) is 17.6 Å². The number of hydrogen-bond acceptors (Lipinski definition) is 6. The molecule has 2 aromatic carbocycles. The summed E-state index contributed by atoms with van der Waals surface area (Å²) in [5, 5.41) is 11.9. The minimum absolute atomic E-state index is 0.0331. The number of nitrogens with zero attached hydrogens (tertiary/aromatic N) is 3. The molecule has 5 N–H and O–H groups in total. The molecular formula is C30H35F4N5O2. The topological polar surface area (TPSA) is 103 Å². The van der Waals surface area contributed by atoms with Gasteiger partial charge in [-0.2, -0.15) is 13.2 Å². The fraction of sp³-hybridized carbons (Fsp3) is 0.367. The first-order valence-electron chi connectivity index (χ1n) is 13.3. The molecule has 3 heterocycles. The lowest BCUT2D eigenvalue weighted by molar-refractivity contribution is -0.259.